The molecule has 2 heterocycles. The highest BCUT2D eigenvalue weighted by Crippen LogP contribution is 2.39. The average molecular weight is 424 g/mol. The number of carbonyl (C=O) groups excluding carboxylic acids is 2. The van der Waals surface area contributed by atoms with Gasteiger partial charge < -0.3 is 15.0 Å². The van der Waals surface area contributed by atoms with Gasteiger partial charge in [-0.3, -0.25) is 9.69 Å². The summed E-state index contributed by atoms with van der Waals surface area (Å²) in [5.41, 5.74) is 2.97. The Morgan fingerprint density at radius 3 is 2.53 bits per heavy atom. The summed E-state index contributed by atoms with van der Waals surface area (Å²) in [4.78, 5) is 29.9. The number of nitrogens with one attached hydrogen (secondary N) is 1. The van der Waals surface area contributed by atoms with Crippen molar-refractivity contribution in [2.75, 3.05) is 19.6 Å². The smallest absolute Gasteiger partial charge is 0.410 e. The van der Waals surface area contributed by atoms with Gasteiger partial charge in [0, 0.05) is 23.7 Å². The molecule has 1 atom stereocenters. The quantitative estimate of drug-likeness (QED) is 0.809. The van der Waals surface area contributed by atoms with Crippen LogP contribution >= 0.6 is 11.8 Å². The Bertz CT molecular complexity index is 933. The zero-order chi connectivity index (χ0) is 20.9. The van der Waals surface area contributed by atoms with Crippen LogP contribution in [0.25, 0.3) is 4.91 Å². The van der Waals surface area contributed by atoms with Gasteiger partial charge in [-0.05, 0) is 24.5 Å². The summed E-state index contributed by atoms with van der Waals surface area (Å²) in [6.07, 6.45) is 0.269. The molecule has 2 amide bonds. The Balaban J connectivity index is 1.35. The standard InChI is InChI=1S/C23H25N3O3S/c1-17-21(19-11-6-3-7-12-19)30-22(24-17)26-14-8-13-25(15-20(26)27)23(28)29-16-18-9-4-2-5-10-18/h2-7,9-12,22,24H,8,13-16H2,1H3. The number of thioether (sulfide) groups is 1. The van der Waals surface area contributed by atoms with Crippen LogP contribution in [0.1, 0.15) is 24.5 Å². The van der Waals surface area contributed by atoms with Crippen molar-refractivity contribution in [1.29, 1.82) is 0 Å². The van der Waals surface area contributed by atoms with E-state index in [4.69, 9.17) is 4.74 Å². The number of hydrogen-bond acceptors (Lipinski definition) is 5. The second kappa shape index (κ2) is 9.26. The molecule has 1 fully saturated rings. The molecule has 0 bridgehead atoms. The number of amides is 2. The van der Waals surface area contributed by atoms with Crippen LogP contribution in [0.4, 0.5) is 4.79 Å². The summed E-state index contributed by atoms with van der Waals surface area (Å²) in [5.74, 6) is -0.0729. The van der Waals surface area contributed by atoms with Gasteiger partial charge in [-0.2, -0.15) is 0 Å². The molecule has 4 rings (SSSR count). The fraction of sp³-hybridized carbons (Fsp3) is 0.304. The van der Waals surface area contributed by atoms with E-state index in [1.807, 2.05) is 60.4 Å². The van der Waals surface area contributed by atoms with Crippen LogP contribution < -0.4 is 5.32 Å². The molecule has 1 unspecified atom stereocenters. The summed E-state index contributed by atoms with van der Waals surface area (Å²) in [6.45, 7) is 3.38. The normalized spacial score (nSPS) is 19.5. The van der Waals surface area contributed by atoms with E-state index in [1.165, 1.54) is 4.90 Å². The molecule has 2 aromatic rings. The third-order valence-corrected chi connectivity index (χ3v) is 6.54. The fourth-order valence-corrected chi connectivity index (χ4v) is 4.92. The van der Waals surface area contributed by atoms with Crippen LogP contribution in [0.15, 0.2) is 66.4 Å². The number of nitrogens with zero attached hydrogens (tertiary/aromatic N) is 2. The molecule has 6 nitrogen and oxygen atoms in total. The highest BCUT2D eigenvalue weighted by molar-refractivity contribution is 8.09. The number of allylic oxidation sites excluding steroid dienone is 1. The van der Waals surface area contributed by atoms with Crippen molar-refractivity contribution in [2.45, 2.75) is 25.4 Å². The molecule has 30 heavy (non-hydrogen) atoms. The molecule has 2 aliphatic rings. The van der Waals surface area contributed by atoms with E-state index in [0.29, 0.717) is 19.5 Å². The van der Waals surface area contributed by atoms with Crippen LogP contribution in [0.3, 0.4) is 0 Å². The maximum atomic E-state index is 12.9. The molecule has 2 aromatic carbocycles. The van der Waals surface area contributed by atoms with E-state index in [0.717, 1.165) is 21.7 Å². The van der Waals surface area contributed by atoms with Crippen LogP contribution in [-0.2, 0) is 16.1 Å². The second-order valence-corrected chi connectivity index (χ2v) is 8.43. The van der Waals surface area contributed by atoms with Gasteiger partial charge >= 0.3 is 6.09 Å². The largest absolute Gasteiger partial charge is 0.445 e. The zero-order valence-corrected chi connectivity index (χ0v) is 17.7. The molecule has 0 saturated carbocycles. The Labute approximate surface area is 180 Å². The van der Waals surface area contributed by atoms with Gasteiger partial charge in [0.2, 0.25) is 5.91 Å². The second-order valence-electron chi connectivity index (χ2n) is 7.34. The third-order valence-electron chi connectivity index (χ3n) is 5.17. The fourth-order valence-electron chi connectivity index (χ4n) is 3.60. The maximum Gasteiger partial charge on any atom is 0.410 e. The van der Waals surface area contributed by atoms with Crippen molar-refractivity contribution < 1.29 is 14.3 Å². The van der Waals surface area contributed by atoms with Gasteiger partial charge in [-0.15, -0.1) is 0 Å². The molecule has 156 valence electrons. The highest BCUT2D eigenvalue weighted by Gasteiger charge is 2.34. The predicted molar refractivity (Wildman–Crippen MR) is 118 cm³/mol. The Hall–Kier alpha value is -2.93. The van der Waals surface area contributed by atoms with Gasteiger partial charge in [0.25, 0.3) is 0 Å². The Kier molecular flexibility index (Phi) is 6.28. The molecule has 2 aliphatic heterocycles. The van der Waals surface area contributed by atoms with Crippen LogP contribution in [-0.4, -0.2) is 46.9 Å². The maximum absolute atomic E-state index is 12.9. The van der Waals surface area contributed by atoms with Gasteiger partial charge in [-0.25, -0.2) is 4.79 Å². The van der Waals surface area contributed by atoms with E-state index < -0.39 is 6.09 Å². The number of rotatable bonds is 4. The lowest BCUT2D eigenvalue weighted by Crippen LogP contribution is -2.47. The van der Waals surface area contributed by atoms with Crippen LogP contribution in [0.5, 0.6) is 0 Å². The van der Waals surface area contributed by atoms with E-state index in [1.54, 1.807) is 11.8 Å². The summed E-state index contributed by atoms with van der Waals surface area (Å²) < 4.78 is 5.41. The van der Waals surface area contributed by atoms with Gasteiger partial charge in [0.1, 0.15) is 13.2 Å². The summed E-state index contributed by atoms with van der Waals surface area (Å²) in [5, 5.41) is 3.43. The van der Waals surface area contributed by atoms with E-state index >= 15 is 0 Å². The number of benzene rings is 2. The molecular weight excluding hydrogens is 398 g/mol. The number of ether oxygens (including phenoxy) is 1. The van der Waals surface area contributed by atoms with Crippen molar-refractivity contribution in [1.82, 2.24) is 15.1 Å². The lowest BCUT2D eigenvalue weighted by atomic mass is 10.2. The van der Waals surface area contributed by atoms with Crippen LogP contribution in [0, 0.1) is 0 Å². The van der Waals surface area contributed by atoms with Crippen molar-refractivity contribution in [3.63, 3.8) is 0 Å². The van der Waals surface area contributed by atoms with Crippen molar-refractivity contribution in [3.05, 3.63) is 77.5 Å². The first-order chi connectivity index (χ1) is 14.6. The monoisotopic (exact) mass is 423 g/mol. The minimum atomic E-state index is -0.444. The molecule has 1 N–H and O–H groups in total. The van der Waals surface area contributed by atoms with Gasteiger partial charge in [0.15, 0.2) is 5.50 Å². The molecule has 7 heteroatoms. The van der Waals surface area contributed by atoms with E-state index in [-0.39, 0.29) is 24.6 Å². The molecule has 0 radical (unpaired) electrons. The summed E-state index contributed by atoms with van der Waals surface area (Å²) in [7, 11) is 0. The first kappa shape index (κ1) is 20.3. The van der Waals surface area contributed by atoms with Crippen molar-refractivity contribution >= 4 is 28.7 Å². The lowest BCUT2D eigenvalue weighted by molar-refractivity contribution is -0.131. The van der Waals surface area contributed by atoms with Gasteiger partial charge in [-0.1, -0.05) is 72.4 Å². The van der Waals surface area contributed by atoms with Crippen LogP contribution in [0.2, 0.25) is 0 Å². The minimum absolute atomic E-state index is 0.0338. The molecule has 0 aromatic heterocycles. The molecule has 1 saturated heterocycles. The van der Waals surface area contributed by atoms with Crippen molar-refractivity contribution in [3.8, 4) is 0 Å². The highest BCUT2D eigenvalue weighted by atomic mass is 32.2. The lowest BCUT2D eigenvalue weighted by Gasteiger charge is -2.28. The SMILES string of the molecule is CC1=C(c2ccccc2)SC(N2CCCN(C(=O)OCc3ccccc3)CC2=O)N1. The predicted octanol–water partition coefficient (Wildman–Crippen LogP) is 3.87. The van der Waals surface area contributed by atoms with Crippen molar-refractivity contribution in [2.24, 2.45) is 0 Å². The number of carbonyl (C=O) groups is 2. The minimum Gasteiger partial charge on any atom is -0.445 e. The van der Waals surface area contributed by atoms with E-state index in [9.17, 15) is 9.59 Å². The number of hydrogen-bond donors (Lipinski definition) is 1. The topological polar surface area (TPSA) is 61.9 Å². The summed E-state index contributed by atoms with van der Waals surface area (Å²) in [6, 6.07) is 19.7. The summed E-state index contributed by atoms with van der Waals surface area (Å²) >= 11 is 1.65. The van der Waals surface area contributed by atoms with E-state index in [2.05, 4.69) is 17.4 Å². The Morgan fingerprint density at radius 1 is 1.10 bits per heavy atom. The first-order valence-electron chi connectivity index (χ1n) is 10.1. The Morgan fingerprint density at radius 2 is 1.80 bits per heavy atom. The average Bonchev–Trinajstić information content (AvgIpc) is 3.05. The first-order valence-corrected chi connectivity index (χ1v) is 10.9. The molecular formula is C23H25N3O3S. The molecule has 0 aliphatic carbocycles. The molecule has 0 spiro atoms. The third kappa shape index (κ3) is 4.62. The zero-order valence-electron chi connectivity index (χ0n) is 16.9. The van der Waals surface area contributed by atoms with Gasteiger partial charge in [0.05, 0.1) is 0 Å².